The predicted octanol–water partition coefficient (Wildman–Crippen LogP) is 1.96. The van der Waals surface area contributed by atoms with Crippen molar-refractivity contribution in [2.75, 3.05) is 18.6 Å². The Labute approximate surface area is 127 Å². The quantitative estimate of drug-likeness (QED) is 0.711. The summed E-state index contributed by atoms with van der Waals surface area (Å²) >= 11 is 0. The van der Waals surface area contributed by atoms with Crippen molar-refractivity contribution in [1.82, 2.24) is 15.0 Å². The number of hydrogen-bond donors (Lipinski definition) is 2. The summed E-state index contributed by atoms with van der Waals surface area (Å²) in [6, 6.07) is 8.10. The second kappa shape index (κ2) is 4.56. The lowest BCUT2D eigenvalue weighted by molar-refractivity contribution is 0.415. The van der Waals surface area contributed by atoms with Crippen LogP contribution in [0.4, 0.5) is 11.8 Å². The van der Waals surface area contributed by atoms with E-state index >= 15 is 0 Å². The van der Waals surface area contributed by atoms with E-state index in [1.54, 1.807) is 7.11 Å². The molecule has 6 heteroatoms. The first-order valence-electron chi connectivity index (χ1n) is 7.05. The zero-order chi connectivity index (χ0) is 15.3. The summed E-state index contributed by atoms with van der Waals surface area (Å²) in [5.74, 6) is 1.32. The van der Waals surface area contributed by atoms with Crippen LogP contribution in [0.2, 0.25) is 0 Å². The zero-order valence-corrected chi connectivity index (χ0v) is 12.1. The van der Waals surface area contributed by atoms with Crippen LogP contribution < -0.4 is 16.2 Å². The number of anilines is 2. The number of nitrogens with zero attached hydrogens (tertiary/aromatic N) is 3. The smallest absolute Gasteiger partial charge is 0.224 e. The number of nitrogens with two attached hydrogens (primary N) is 2. The highest BCUT2D eigenvalue weighted by molar-refractivity contribution is 5.90. The van der Waals surface area contributed by atoms with Gasteiger partial charge in [0.15, 0.2) is 5.65 Å². The van der Waals surface area contributed by atoms with Crippen molar-refractivity contribution in [2.45, 2.75) is 12.8 Å². The molecule has 0 atom stereocenters. The molecular weight excluding hydrogens is 278 g/mol. The van der Waals surface area contributed by atoms with Crippen LogP contribution in [0.1, 0.15) is 11.1 Å². The van der Waals surface area contributed by atoms with Crippen LogP contribution in [0.5, 0.6) is 5.75 Å². The zero-order valence-electron chi connectivity index (χ0n) is 12.1. The maximum absolute atomic E-state index is 5.94. The highest BCUT2D eigenvalue weighted by Crippen LogP contribution is 2.36. The van der Waals surface area contributed by atoms with E-state index in [4.69, 9.17) is 16.2 Å². The SMILES string of the molecule is COc1ccc2c(c1)-c1nc3nc(N)nc(N)c3cc1CC2. The Balaban J connectivity index is 2.01. The minimum Gasteiger partial charge on any atom is -0.497 e. The second-order valence-electron chi connectivity index (χ2n) is 5.36. The number of rotatable bonds is 1. The van der Waals surface area contributed by atoms with Gasteiger partial charge in [0.2, 0.25) is 5.95 Å². The molecule has 4 N–H and O–H groups in total. The summed E-state index contributed by atoms with van der Waals surface area (Å²) in [5, 5.41) is 0.749. The van der Waals surface area contributed by atoms with Crippen LogP contribution in [0.25, 0.3) is 22.3 Å². The molecule has 1 aliphatic carbocycles. The molecule has 0 fully saturated rings. The Morgan fingerprint density at radius 1 is 1.00 bits per heavy atom. The third-order valence-electron chi connectivity index (χ3n) is 4.05. The second-order valence-corrected chi connectivity index (χ2v) is 5.36. The van der Waals surface area contributed by atoms with Crippen molar-refractivity contribution >= 4 is 22.8 Å². The first-order chi connectivity index (χ1) is 10.7. The van der Waals surface area contributed by atoms with E-state index in [9.17, 15) is 0 Å². The van der Waals surface area contributed by atoms with E-state index in [0.29, 0.717) is 11.5 Å². The van der Waals surface area contributed by atoms with Gasteiger partial charge in [0.05, 0.1) is 18.2 Å². The molecule has 0 saturated heterocycles. The number of benzene rings is 1. The Hall–Kier alpha value is -2.89. The number of pyridine rings is 1. The molecule has 1 aliphatic rings. The number of aromatic nitrogens is 3. The van der Waals surface area contributed by atoms with Crippen molar-refractivity contribution in [3.63, 3.8) is 0 Å². The van der Waals surface area contributed by atoms with Crippen molar-refractivity contribution in [1.29, 1.82) is 0 Å². The fraction of sp³-hybridized carbons (Fsp3) is 0.188. The van der Waals surface area contributed by atoms with Gasteiger partial charge in [-0.3, -0.25) is 0 Å². The molecule has 0 saturated carbocycles. The van der Waals surface area contributed by atoms with Gasteiger partial charge in [-0.25, -0.2) is 4.98 Å². The Morgan fingerprint density at radius 3 is 2.64 bits per heavy atom. The van der Waals surface area contributed by atoms with Gasteiger partial charge in [-0.2, -0.15) is 9.97 Å². The van der Waals surface area contributed by atoms with E-state index < -0.39 is 0 Å². The highest BCUT2D eigenvalue weighted by atomic mass is 16.5. The third kappa shape index (κ3) is 1.84. The van der Waals surface area contributed by atoms with Gasteiger partial charge in [-0.1, -0.05) is 6.07 Å². The van der Waals surface area contributed by atoms with Gasteiger partial charge in [0.1, 0.15) is 11.6 Å². The molecule has 0 bridgehead atoms. The first-order valence-corrected chi connectivity index (χ1v) is 7.05. The summed E-state index contributed by atoms with van der Waals surface area (Å²) in [5.41, 5.74) is 16.6. The van der Waals surface area contributed by atoms with Gasteiger partial charge in [-0.05, 0) is 42.2 Å². The molecule has 1 aromatic carbocycles. The number of nitrogen functional groups attached to an aromatic ring is 2. The van der Waals surface area contributed by atoms with Gasteiger partial charge in [0, 0.05) is 5.56 Å². The summed E-state index contributed by atoms with van der Waals surface area (Å²) < 4.78 is 5.33. The maximum atomic E-state index is 5.94. The maximum Gasteiger partial charge on any atom is 0.224 e. The van der Waals surface area contributed by atoms with Crippen molar-refractivity contribution in [3.05, 3.63) is 35.4 Å². The van der Waals surface area contributed by atoms with Gasteiger partial charge in [0.25, 0.3) is 0 Å². The Morgan fingerprint density at radius 2 is 1.82 bits per heavy atom. The summed E-state index contributed by atoms with van der Waals surface area (Å²) in [4.78, 5) is 12.9. The lowest BCUT2D eigenvalue weighted by atomic mass is 9.88. The van der Waals surface area contributed by atoms with E-state index in [-0.39, 0.29) is 5.95 Å². The molecular formula is C16H15N5O. The summed E-state index contributed by atoms with van der Waals surface area (Å²) in [6.45, 7) is 0. The molecule has 2 aromatic heterocycles. The van der Waals surface area contributed by atoms with Gasteiger partial charge >= 0.3 is 0 Å². The lowest BCUT2D eigenvalue weighted by Crippen LogP contribution is -2.08. The molecule has 6 nitrogen and oxygen atoms in total. The molecule has 22 heavy (non-hydrogen) atoms. The fourth-order valence-corrected chi connectivity index (χ4v) is 2.95. The van der Waals surface area contributed by atoms with Crippen molar-refractivity contribution < 1.29 is 4.74 Å². The molecule has 0 amide bonds. The fourth-order valence-electron chi connectivity index (χ4n) is 2.95. The number of aryl methyl sites for hydroxylation is 2. The average Bonchev–Trinajstić information content (AvgIpc) is 2.52. The molecule has 3 aromatic rings. The largest absolute Gasteiger partial charge is 0.497 e. The molecule has 0 radical (unpaired) electrons. The molecule has 0 unspecified atom stereocenters. The van der Waals surface area contributed by atoms with Gasteiger partial charge < -0.3 is 16.2 Å². The summed E-state index contributed by atoms with van der Waals surface area (Å²) in [6.07, 6.45) is 1.89. The van der Waals surface area contributed by atoms with E-state index in [1.165, 1.54) is 5.56 Å². The molecule has 110 valence electrons. The molecule has 0 spiro atoms. The summed E-state index contributed by atoms with van der Waals surface area (Å²) in [7, 11) is 1.66. The molecule has 2 heterocycles. The number of ether oxygens (including phenoxy) is 1. The molecule has 0 aliphatic heterocycles. The van der Waals surface area contributed by atoms with Crippen molar-refractivity contribution in [3.8, 4) is 17.0 Å². The van der Waals surface area contributed by atoms with E-state index in [0.717, 1.165) is 40.8 Å². The minimum atomic E-state index is 0.138. The monoisotopic (exact) mass is 293 g/mol. The standard InChI is InChI=1S/C16H15N5O/c1-22-10-5-4-8-2-3-9-6-12-14(17)20-16(18)21-15(12)19-13(9)11(8)7-10/h4-7H,2-3H2,1H3,(H4,17,18,19,20,21). The highest BCUT2D eigenvalue weighted by Gasteiger charge is 2.20. The number of methoxy groups -OCH3 is 1. The molecule has 4 rings (SSSR count). The van der Waals surface area contributed by atoms with Gasteiger partial charge in [-0.15, -0.1) is 0 Å². The van der Waals surface area contributed by atoms with Crippen LogP contribution in [0.15, 0.2) is 24.3 Å². The third-order valence-corrected chi connectivity index (χ3v) is 4.05. The van der Waals surface area contributed by atoms with Crippen LogP contribution in [-0.4, -0.2) is 22.1 Å². The van der Waals surface area contributed by atoms with Crippen LogP contribution in [0, 0.1) is 0 Å². The van der Waals surface area contributed by atoms with Crippen LogP contribution in [-0.2, 0) is 12.8 Å². The normalized spacial score (nSPS) is 12.8. The Kier molecular flexibility index (Phi) is 2.66. The Bertz CT molecular complexity index is 907. The number of fused-ring (bicyclic) bond motifs is 4. The van der Waals surface area contributed by atoms with Crippen LogP contribution in [0.3, 0.4) is 0 Å². The predicted molar refractivity (Wildman–Crippen MR) is 85.6 cm³/mol. The van der Waals surface area contributed by atoms with E-state index in [2.05, 4.69) is 21.0 Å². The number of hydrogen-bond acceptors (Lipinski definition) is 6. The van der Waals surface area contributed by atoms with Crippen LogP contribution >= 0.6 is 0 Å². The lowest BCUT2D eigenvalue weighted by Gasteiger charge is -2.20. The first kappa shape index (κ1) is 12.8. The van der Waals surface area contributed by atoms with Crippen molar-refractivity contribution in [2.24, 2.45) is 0 Å². The average molecular weight is 293 g/mol. The topological polar surface area (TPSA) is 99.9 Å². The minimum absolute atomic E-state index is 0.138. The van der Waals surface area contributed by atoms with E-state index in [1.807, 2.05) is 18.2 Å².